The van der Waals surface area contributed by atoms with Gasteiger partial charge in [0.25, 0.3) is 0 Å². The van der Waals surface area contributed by atoms with Crippen molar-refractivity contribution in [3.8, 4) is 11.5 Å². The van der Waals surface area contributed by atoms with Crippen LogP contribution in [0.5, 0.6) is 11.5 Å². The maximum absolute atomic E-state index is 12.1. The maximum Gasteiger partial charge on any atom is 0.231 e. The molecule has 0 radical (unpaired) electrons. The summed E-state index contributed by atoms with van der Waals surface area (Å²) in [4.78, 5) is 16.5. The number of amides is 1. The fourth-order valence-electron chi connectivity index (χ4n) is 2.46. The molecule has 5 nitrogen and oxygen atoms in total. The first-order valence-electron chi connectivity index (χ1n) is 7.32. The Hall–Kier alpha value is -2.60. The average Bonchev–Trinajstić information content (AvgIpc) is 3.16. The predicted octanol–water partition coefficient (Wildman–Crippen LogP) is 3.60. The number of nitrogens with one attached hydrogen (secondary N) is 1. The maximum atomic E-state index is 12.1. The quantitative estimate of drug-likeness (QED) is 0.796. The van der Waals surface area contributed by atoms with Crippen LogP contribution in [-0.2, 0) is 11.2 Å². The van der Waals surface area contributed by atoms with Gasteiger partial charge >= 0.3 is 0 Å². The Morgan fingerprint density at radius 1 is 1.17 bits per heavy atom. The van der Waals surface area contributed by atoms with Gasteiger partial charge in [-0.05, 0) is 12.0 Å². The summed E-state index contributed by atoms with van der Waals surface area (Å²) >= 11 is 1.43. The lowest BCUT2D eigenvalue weighted by molar-refractivity contribution is -0.116. The number of aryl methyl sites for hydroxylation is 1. The van der Waals surface area contributed by atoms with Crippen LogP contribution in [0.15, 0.2) is 42.5 Å². The van der Waals surface area contributed by atoms with Crippen molar-refractivity contribution in [3.05, 3.63) is 48.0 Å². The third-order valence-electron chi connectivity index (χ3n) is 3.61. The van der Waals surface area contributed by atoms with Gasteiger partial charge in [0.05, 0.1) is 10.2 Å². The van der Waals surface area contributed by atoms with Crippen molar-refractivity contribution >= 4 is 32.6 Å². The zero-order chi connectivity index (χ0) is 15.6. The fraction of sp³-hybridized carbons (Fsp3) is 0.176. The summed E-state index contributed by atoms with van der Waals surface area (Å²) in [6.07, 6.45) is 1.15. The van der Waals surface area contributed by atoms with Crippen LogP contribution in [0.2, 0.25) is 0 Å². The molecule has 0 unspecified atom stereocenters. The Morgan fingerprint density at radius 3 is 2.78 bits per heavy atom. The first-order valence-corrected chi connectivity index (χ1v) is 8.13. The number of nitrogens with zero attached hydrogens (tertiary/aromatic N) is 1. The summed E-state index contributed by atoms with van der Waals surface area (Å²) in [6.45, 7) is 0.246. The molecular formula is C17H14N2O3S. The van der Waals surface area contributed by atoms with Crippen molar-refractivity contribution in [2.45, 2.75) is 12.8 Å². The Kier molecular flexibility index (Phi) is 3.59. The molecule has 0 saturated heterocycles. The molecule has 23 heavy (non-hydrogen) atoms. The van der Waals surface area contributed by atoms with Crippen molar-refractivity contribution in [1.29, 1.82) is 0 Å². The second-order valence-corrected chi connectivity index (χ2v) is 6.26. The molecule has 1 aromatic heterocycles. The minimum atomic E-state index is -0.0343. The molecular weight excluding hydrogens is 312 g/mol. The molecule has 116 valence electrons. The molecule has 4 rings (SSSR count). The summed E-state index contributed by atoms with van der Waals surface area (Å²) < 4.78 is 11.7. The number of thiazole rings is 1. The van der Waals surface area contributed by atoms with Gasteiger partial charge in [0.15, 0.2) is 16.6 Å². The van der Waals surface area contributed by atoms with Gasteiger partial charge in [-0.1, -0.05) is 41.7 Å². The fourth-order valence-corrected chi connectivity index (χ4v) is 3.35. The molecule has 0 aliphatic carbocycles. The number of ether oxygens (including phenoxy) is 2. The van der Waals surface area contributed by atoms with Crippen molar-refractivity contribution in [1.82, 2.24) is 4.98 Å². The molecule has 1 aliphatic rings. The number of anilines is 1. The van der Waals surface area contributed by atoms with Gasteiger partial charge in [0, 0.05) is 18.6 Å². The highest BCUT2D eigenvalue weighted by atomic mass is 32.1. The van der Waals surface area contributed by atoms with E-state index in [0.29, 0.717) is 23.7 Å². The van der Waals surface area contributed by atoms with Crippen LogP contribution in [0.4, 0.5) is 5.13 Å². The van der Waals surface area contributed by atoms with Crippen molar-refractivity contribution in [3.63, 3.8) is 0 Å². The molecule has 0 fully saturated rings. The van der Waals surface area contributed by atoms with Crippen molar-refractivity contribution < 1.29 is 14.3 Å². The number of fused-ring (bicyclic) bond motifs is 2. The molecule has 2 heterocycles. The summed E-state index contributed by atoms with van der Waals surface area (Å²) in [7, 11) is 0. The number of hydrogen-bond acceptors (Lipinski definition) is 5. The highest BCUT2D eigenvalue weighted by molar-refractivity contribution is 7.22. The van der Waals surface area contributed by atoms with Crippen molar-refractivity contribution in [2.75, 3.05) is 12.1 Å². The monoisotopic (exact) mass is 326 g/mol. The van der Waals surface area contributed by atoms with Gasteiger partial charge < -0.3 is 14.8 Å². The molecule has 0 spiro atoms. The van der Waals surface area contributed by atoms with E-state index in [1.54, 1.807) is 0 Å². The molecule has 0 saturated carbocycles. The number of hydrogen-bond donors (Lipinski definition) is 1. The molecule has 3 aromatic rings. The number of carbonyl (C=O) groups excluding carboxylic acids is 1. The van der Waals surface area contributed by atoms with Crippen LogP contribution in [-0.4, -0.2) is 17.7 Å². The normalized spacial score (nSPS) is 12.5. The van der Waals surface area contributed by atoms with E-state index in [1.807, 2.05) is 42.5 Å². The van der Waals surface area contributed by atoms with E-state index in [4.69, 9.17) is 9.47 Å². The van der Waals surface area contributed by atoms with Crippen LogP contribution in [0.25, 0.3) is 10.2 Å². The minimum absolute atomic E-state index is 0.0343. The van der Waals surface area contributed by atoms with Gasteiger partial charge in [0.1, 0.15) is 0 Å². The molecule has 0 atom stereocenters. The number of aromatic nitrogens is 1. The van der Waals surface area contributed by atoms with E-state index in [9.17, 15) is 4.79 Å². The zero-order valence-electron chi connectivity index (χ0n) is 12.2. The van der Waals surface area contributed by atoms with Crippen LogP contribution >= 0.6 is 11.3 Å². The van der Waals surface area contributed by atoms with Gasteiger partial charge in [-0.15, -0.1) is 0 Å². The lowest BCUT2D eigenvalue weighted by Gasteiger charge is -2.01. The van der Waals surface area contributed by atoms with Crippen LogP contribution in [0.1, 0.15) is 12.0 Å². The molecule has 1 N–H and O–H groups in total. The Morgan fingerprint density at radius 2 is 1.96 bits per heavy atom. The topological polar surface area (TPSA) is 60.5 Å². The van der Waals surface area contributed by atoms with E-state index in [0.717, 1.165) is 21.5 Å². The average molecular weight is 326 g/mol. The molecule has 2 aromatic carbocycles. The number of benzene rings is 2. The molecule has 1 amide bonds. The highest BCUT2D eigenvalue weighted by Crippen LogP contribution is 2.38. The Balaban J connectivity index is 1.44. The molecule has 0 bridgehead atoms. The first kappa shape index (κ1) is 14.0. The first-order chi connectivity index (χ1) is 11.3. The third kappa shape index (κ3) is 2.98. The summed E-state index contributed by atoms with van der Waals surface area (Å²) in [5.41, 5.74) is 1.95. The van der Waals surface area contributed by atoms with E-state index < -0.39 is 0 Å². The Bertz CT molecular complexity index is 820. The minimum Gasteiger partial charge on any atom is -0.454 e. The largest absolute Gasteiger partial charge is 0.454 e. The van der Waals surface area contributed by atoms with Gasteiger partial charge in [-0.25, -0.2) is 4.98 Å². The molecule has 1 aliphatic heterocycles. The molecule has 6 heteroatoms. The van der Waals surface area contributed by atoms with E-state index in [-0.39, 0.29) is 12.7 Å². The third-order valence-corrected chi connectivity index (χ3v) is 4.55. The van der Waals surface area contributed by atoms with Crippen LogP contribution in [0.3, 0.4) is 0 Å². The standard InChI is InChI=1S/C17H14N2O3S/c20-16(7-6-11-4-2-1-3-5-11)19-17-18-12-8-13-14(22-10-21-13)9-15(12)23-17/h1-5,8-9H,6-7,10H2,(H,18,19,20). The van der Waals surface area contributed by atoms with Gasteiger partial charge in [-0.3, -0.25) is 4.79 Å². The Labute approximate surface area is 136 Å². The summed E-state index contributed by atoms with van der Waals surface area (Å²) in [6, 6.07) is 13.7. The van der Waals surface area contributed by atoms with Crippen LogP contribution in [0, 0.1) is 0 Å². The highest BCUT2D eigenvalue weighted by Gasteiger charge is 2.17. The second kappa shape index (κ2) is 5.89. The number of rotatable bonds is 4. The van der Waals surface area contributed by atoms with Crippen molar-refractivity contribution in [2.24, 2.45) is 0 Å². The lowest BCUT2D eigenvalue weighted by Crippen LogP contribution is -2.11. The smallest absolute Gasteiger partial charge is 0.231 e. The van der Waals surface area contributed by atoms with E-state index in [2.05, 4.69) is 10.3 Å². The predicted molar refractivity (Wildman–Crippen MR) is 89.1 cm³/mol. The second-order valence-electron chi connectivity index (χ2n) is 5.23. The van der Waals surface area contributed by atoms with Crippen LogP contribution < -0.4 is 14.8 Å². The van der Waals surface area contributed by atoms with E-state index in [1.165, 1.54) is 11.3 Å². The SMILES string of the molecule is O=C(CCc1ccccc1)Nc1nc2cc3c(cc2s1)OCO3. The summed E-state index contributed by atoms with van der Waals surface area (Å²) in [5, 5.41) is 3.46. The van der Waals surface area contributed by atoms with Gasteiger partial charge in [-0.2, -0.15) is 0 Å². The zero-order valence-corrected chi connectivity index (χ0v) is 13.1. The lowest BCUT2D eigenvalue weighted by atomic mass is 10.1. The number of carbonyl (C=O) groups is 1. The van der Waals surface area contributed by atoms with E-state index >= 15 is 0 Å². The van der Waals surface area contributed by atoms with Gasteiger partial charge in [0.2, 0.25) is 12.7 Å². The summed E-state index contributed by atoms with van der Waals surface area (Å²) in [5.74, 6) is 1.39.